The van der Waals surface area contributed by atoms with Crippen LogP contribution in [0.3, 0.4) is 0 Å². The molecule has 0 amide bonds. The van der Waals surface area contributed by atoms with Crippen molar-refractivity contribution in [3.8, 4) is 0 Å². The Hall–Kier alpha value is 1.30. The second-order valence-corrected chi connectivity index (χ2v) is 4.83. The Morgan fingerprint density at radius 2 is 0.636 bits per heavy atom. The van der Waals surface area contributed by atoms with Gasteiger partial charge in [0.1, 0.15) is 0 Å². The molecule has 0 aromatic heterocycles. The molecule has 0 aliphatic rings. The van der Waals surface area contributed by atoms with Crippen molar-refractivity contribution in [1.29, 1.82) is 0 Å². The monoisotopic (exact) mass is 414 g/mol. The van der Waals surface area contributed by atoms with E-state index in [1.807, 2.05) is 0 Å². The molecule has 0 fully saturated rings. The molecular formula is Mo2O8Zr. The largest absolute Gasteiger partial charge is 4.00 e. The SMILES string of the molecule is [O]=[Mo](=[O])([O-])[O-].[O]=[Mo](=[O])([O-])[O-].[Zr+4]. The predicted octanol–water partition coefficient (Wildman–Crippen LogP) is -5.24. The fraction of sp³-hybridized carbons (Fsp3) is 0. The van der Waals surface area contributed by atoms with Gasteiger partial charge >= 0.3 is 88.3 Å². The fourth-order valence-corrected chi connectivity index (χ4v) is 0. The summed E-state index contributed by atoms with van der Waals surface area (Å²) in [4.78, 5) is 0. The van der Waals surface area contributed by atoms with E-state index in [4.69, 9.17) is 28.6 Å². The van der Waals surface area contributed by atoms with Crippen LogP contribution in [0.4, 0.5) is 0 Å². The van der Waals surface area contributed by atoms with Gasteiger partial charge in [-0.1, -0.05) is 0 Å². The Morgan fingerprint density at radius 3 is 0.636 bits per heavy atom. The van der Waals surface area contributed by atoms with Crippen LogP contribution in [0.15, 0.2) is 0 Å². The maximum atomic E-state index is 8.63. The topological polar surface area (TPSA) is 161 Å². The van der Waals surface area contributed by atoms with E-state index in [1.165, 1.54) is 0 Å². The Kier molecular flexibility index (Phi) is 11.2. The summed E-state index contributed by atoms with van der Waals surface area (Å²) in [6, 6.07) is 0. The zero-order valence-electron chi connectivity index (χ0n) is 4.58. The van der Waals surface area contributed by atoms with Gasteiger partial charge in [0.15, 0.2) is 0 Å². The second-order valence-electron chi connectivity index (χ2n) is 0.816. The first kappa shape index (κ1) is 18.2. The van der Waals surface area contributed by atoms with Crippen LogP contribution in [0.5, 0.6) is 0 Å². The van der Waals surface area contributed by atoms with E-state index in [1.54, 1.807) is 0 Å². The van der Waals surface area contributed by atoms with E-state index in [0.29, 0.717) is 0 Å². The van der Waals surface area contributed by atoms with Gasteiger partial charge in [-0.15, -0.1) is 0 Å². The molecule has 8 nitrogen and oxygen atoms in total. The van der Waals surface area contributed by atoms with Gasteiger partial charge in [-0.2, -0.15) is 0 Å². The summed E-state index contributed by atoms with van der Waals surface area (Å²) >= 11 is -12.0. The van der Waals surface area contributed by atoms with Crippen LogP contribution in [0.2, 0.25) is 0 Å². The van der Waals surface area contributed by atoms with E-state index in [9.17, 15) is 0 Å². The molecular weight excluding hydrogens is 411 g/mol. The Morgan fingerprint density at radius 1 is 0.636 bits per heavy atom. The van der Waals surface area contributed by atoms with Crippen molar-refractivity contribution in [2.45, 2.75) is 0 Å². The van der Waals surface area contributed by atoms with Gasteiger partial charge < -0.3 is 0 Å². The summed E-state index contributed by atoms with van der Waals surface area (Å²) in [5.74, 6) is 0. The van der Waals surface area contributed by atoms with Crippen molar-refractivity contribution >= 4 is 0 Å². The van der Waals surface area contributed by atoms with Crippen LogP contribution in [-0.2, 0) is 73.3 Å². The molecule has 0 N–H and O–H groups in total. The molecule has 0 atom stereocenters. The molecule has 0 saturated heterocycles. The van der Waals surface area contributed by atoms with Gasteiger partial charge in [0.2, 0.25) is 0 Å². The molecule has 0 aromatic carbocycles. The molecule has 11 heavy (non-hydrogen) atoms. The molecule has 0 radical (unpaired) electrons. The molecule has 0 aliphatic heterocycles. The fourth-order valence-electron chi connectivity index (χ4n) is 0. The summed E-state index contributed by atoms with van der Waals surface area (Å²) in [6.45, 7) is 0. The average Bonchev–Trinajstić information content (AvgIpc) is 1.12. The minimum absolute atomic E-state index is 0. The zero-order valence-corrected chi connectivity index (χ0v) is 11.1. The van der Waals surface area contributed by atoms with E-state index < -0.39 is 33.5 Å². The van der Waals surface area contributed by atoms with Gasteiger partial charge in [0.05, 0.1) is 0 Å². The summed E-state index contributed by atoms with van der Waals surface area (Å²) in [7, 11) is 0. The van der Waals surface area contributed by atoms with E-state index >= 15 is 0 Å². The molecule has 0 rings (SSSR count). The van der Waals surface area contributed by atoms with Crippen LogP contribution in [-0.4, -0.2) is 0 Å². The van der Waals surface area contributed by atoms with Gasteiger partial charge in [0.25, 0.3) is 0 Å². The van der Waals surface area contributed by atoms with Crippen LogP contribution in [0.1, 0.15) is 0 Å². The van der Waals surface area contributed by atoms with Crippen molar-refractivity contribution in [2.24, 2.45) is 0 Å². The van der Waals surface area contributed by atoms with E-state index in [-0.39, 0.29) is 26.2 Å². The first-order valence-electron chi connectivity index (χ1n) is 1.33. The van der Waals surface area contributed by atoms with Gasteiger partial charge in [-0.3, -0.25) is 0 Å². The van der Waals surface area contributed by atoms with Crippen LogP contribution in [0, 0.1) is 0 Å². The van der Waals surface area contributed by atoms with Crippen LogP contribution >= 0.6 is 0 Å². The first-order chi connectivity index (χ1) is 4.00. The molecule has 0 heterocycles. The van der Waals surface area contributed by atoms with E-state index in [0.717, 1.165) is 0 Å². The molecule has 0 spiro atoms. The molecule has 0 aromatic rings. The Balaban J connectivity index is -0.000000107. The number of hydrogen-bond acceptors (Lipinski definition) is 8. The molecule has 0 saturated carbocycles. The summed E-state index contributed by atoms with van der Waals surface area (Å²) in [5, 5.41) is 0. The van der Waals surface area contributed by atoms with Crippen molar-refractivity contribution in [3.63, 3.8) is 0 Å². The van der Waals surface area contributed by atoms with Crippen LogP contribution < -0.4 is 15.0 Å². The normalized spacial score (nSPS) is 10.5. The quantitative estimate of drug-likeness (QED) is 0.358. The average molecular weight is 411 g/mol. The standard InChI is InChI=1S/2Mo.8O.Zr/q;;;;;;4*-1;+4. The maximum Gasteiger partial charge on any atom is 4.00 e. The molecule has 0 unspecified atom stereocenters. The van der Waals surface area contributed by atoms with Gasteiger partial charge in [0, 0.05) is 0 Å². The third kappa shape index (κ3) is 578. The summed E-state index contributed by atoms with van der Waals surface area (Å²) < 4.78 is 69.0. The second kappa shape index (κ2) is 6.78. The van der Waals surface area contributed by atoms with E-state index in [2.05, 4.69) is 0 Å². The van der Waals surface area contributed by atoms with Crippen LogP contribution in [0.25, 0.3) is 0 Å². The Labute approximate surface area is 87.4 Å². The third-order valence-corrected chi connectivity index (χ3v) is 0. The molecule has 0 bridgehead atoms. The Bertz CT molecular complexity index is 208. The maximum absolute atomic E-state index is 8.63. The summed E-state index contributed by atoms with van der Waals surface area (Å²) in [5.41, 5.74) is 0. The number of rotatable bonds is 0. The van der Waals surface area contributed by atoms with Gasteiger partial charge in [-0.05, 0) is 0 Å². The third-order valence-electron chi connectivity index (χ3n) is 0. The molecule has 11 heteroatoms. The molecule has 0 aliphatic carbocycles. The first-order valence-corrected chi connectivity index (χ1v) is 7.89. The zero-order chi connectivity index (χ0) is 9.00. The molecule has 64 valence electrons. The minimum atomic E-state index is -6.02. The van der Waals surface area contributed by atoms with Gasteiger partial charge in [-0.25, -0.2) is 0 Å². The van der Waals surface area contributed by atoms with Crippen molar-refractivity contribution in [3.05, 3.63) is 0 Å². The predicted molar refractivity (Wildman–Crippen MR) is 2.75 cm³/mol. The number of hydrogen-bond donors (Lipinski definition) is 0. The van der Waals surface area contributed by atoms with Crippen molar-refractivity contribution in [1.82, 2.24) is 0 Å². The van der Waals surface area contributed by atoms with Crippen molar-refractivity contribution < 1.29 is 88.3 Å². The minimum Gasteiger partial charge on any atom is 4.00 e. The van der Waals surface area contributed by atoms with Crippen molar-refractivity contribution in [2.75, 3.05) is 0 Å². The summed E-state index contributed by atoms with van der Waals surface area (Å²) in [6.07, 6.45) is 0. The smallest absolute Gasteiger partial charge is 4.00 e.